The Kier molecular flexibility index (Phi) is 2.44. The van der Waals surface area contributed by atoms with Crippen LogP contribution in [0, 0.1) is 0 Å². The third-order valence-electron chi connectivity index (χ3n) is 1.90. The number of cyclic esters (lactones) is 1. The molecule has 80 valence electrons. The van der Waals surface area contributed by atoms with Crippen LogP contribution < -0.4 is 5.32 Å². The molecular formula is C8H5ClF2N2O2. The first-order valence-electron chi connectivity index (χ1n) is 4.00. The summed E-state index contributed by atoms with van der Waals surface area (Å²) in [7, 11) is 0. The molecule has 1 aromatic heterocycles. The van der Waals surface area contributed by atoms with Gasteiger partial charge in [-0.25, -0.2) is 18.6 Å². The van der Waals surface area contributed by atoms with Gasteiger partial charge in [0.05, 0.1) is 10.6 Å². The van der Waals surface area contributed by atoms with Crippen LogP contribution >= 0.6 is 11.6 Å². The zero-order chi connectivity index (χ0) is 11.0. The molecule has 1 atom stereocenters. The van der Waals surface area contributed by atoms with Crippen LogP contribution in [0.1, 0.15) is 11.7 Å². The summed E-state index contributed by atoms with van der Waals surface area (Å²) in [6, 6.07) is 1.36. The number of alkyl halides is 2. The Bertz CT molecular complexity index is 414. The van der Waals surface area contributed by atoms with Gasteiger partial charge in [-0.1, -0.05) is 11.6 Å². The van der Waals surface area contributed by atoms with Crippen LogP contribution in [0.3, 0.4) is 0 Å². The minimum Gasteiger partial charge on any atom is -0.435 e. The lowest BCUT2D eigenvalue weighted by atomic mass is 10.1. The molecule has 15 heavy (non-hydrogen) atoms. The number of carbonyl (C=O) groups excluding carboxylic acids is 1. The molecule has 0 saturated carbocycles. The van der Waals surface area contributed by atoms with E-state index in [0.717, 1.165) is 0 Å². The Hall–Kier alpha value is -1.43. The van der Waals surface area contributed by atoms with E-state index < -0.39 is 18.6 Å². The zero-order valence-electron chi connectivity index (χ0n) is 7.21. The fraction of sp³-hybridized carbons (Fsp3) is 0.250. The van der Waals surface area contributed by atoms with Gasteiger partial charge in [0, 0.05) is 6.20 Å². The second-order valence-electron chi connectivity index (χ2n) is 2.84. The predicted octanol–water partition coefficient (Wildman–Crippen LogP) is 2.60. The van der Waals surface area contributed by atoms with Crippen molar-refractivity contribution in [2.45, 2.75) is 12.5 Å². The molecule has 1 aliphatic heterocycles. The Morgan fingerprint density at radius 2 is 2.33 bits per heavy atom. The number of aromatic nitrogens is 1. The number of halogens is 3. The van der Waals surface area contributed by atoms with Gasteiger partial charge in [-0.05, 0) is 6.07 Å². The molecule has 0 fully saturated rings. The molecule has 0 saturated heterocycles. The van der Waals surface area contributed by atoms with E-state index >= 15 is 0 Å². The molecule has 1 amide bonds. The first-order valence-corrected chi connectivity index (χ1v) is 4.37. The van der Waals surface area contributed by atoms with E-state index in [4.69, 9.17) is 11.6 Å². The lowest BCUT2D eigenvalue weighted by molar-refractivity contribution is -0.0171. The van der Waals surface area contributed by atoms with Gasteiger partial charge in [-0.15, -0.1) is 0 Å². The predicted molar refractivity (Wildman–Crippen MR) is 48.1 cm³/mol. The minimum atomic E-state index is -2.84. The summed E-state index contributed by atoms with van der Waals surface area (Å²) in [6.45, 7) is 0. The van der Waals surface area contributed by atoms with Crippen LogP contribution in [-0.2, 0) is 4.74 Å². The number of anilines is 1. The van der Waals surface area contributed by atoms with Crippen molar-refractivity contribution in [3.63, 3.8) is 0 Å². The first kappa shape index (κ1) is 10.1. The third kappa shape index (κ3) is 1.72. The van der Waals surface area contributed by atoms with E-state index in [0.29, 0.717) is 0 Å². The van der Waals surface area contributed by atoms with Gasteiger partial charge in [0.25, 0.3) is 6.43 Å². The van der Waals surface area contributed by atoms with Crippen LogP contribution in [0.5, 0.6) is 0 Å². The first-order chi connectivity index (χ1) is 7.09. The largest absolute Gasteiger partial charge is 0.435 e. The summed E-state index contributed by atoms with van der Waals surface area (Å²) in [5.41, 5.74) is 0.00812. The molecule has 1 aromatic rings. The molecule has 7 heteroatoms. The van der Waals surface area contributed by atoms with Crippen molar-refractivity contribution < 1.29 is 18.3 Å². The van der Waals surface area contributed by atoms with Crippen molar-refractivity contribution in [1.29, 1.82) is 0 Å². The van der Waals surface area contributed by atoms with Crippen molar-refractivity contribution >= 4 is 23.5 Å². The summed E-state index contributed by atoms with van der Waals surface area (Å²) in [5.74, 6) is 0.0176. The van der Waals surface area contributed by atoms with E-state index in [1.165, 1.54) is 12.3 Å². The smallest absolute Gasteiger partial charge is 0.413 e. The monoisotopic (exact) mass is 234 g/mol. The molecule has 4 nitrogen and oxygen atoms in total. The van der Waals surface area contributed by atoms with Crippen molar-refractivity contribution in [2.75, 3.05) is 5.32 Å². The number of nitrogens with zero attached hydrogens (tertiary/aromatic N) is 1. The van der Waals surface area contributed by atoms with Crippen molar-refractivity contribution in [3.05, 3.63) is 22.8 Å². The van der Waals surface area contributed by atoms with Gasteiger partial charge >= 0.3 is 6.09 Å². The molecule has 1 aliphatic rings. The number of hydrogen-bond acceptors (Lipinski definition) is 3. The number of fused-ring (bicyclic) bond motifs is 1. The number of nitrogens with one attached hydrogen (secondary N) is 1. The Labute approximate surface area is 88.2 Å². The van der Waals surface area contributed by atoms with E-state index in [2.05, 4.69) is 15.0 Å². The molecule has 0 radical (unpaired) electrons. The number of pyridine rings is 1. The van der Waals surface area contributed by atoms with Gasteiger partial charge < -0.3 is 4.74 Å². The number of ether oxygens (including phenoxy) is 1. The maximum atomic E-state index is 12.6. The van der Waals surface area contributed by atoms with Crippen LogP contribution in [0.15, 0.2) is 12.3 Å². The Balaban J connectivity index is 2.52. The molecule has 0 aliphatic carbocycles. The normalized spacial score (nSPS) is 19.5. The topological polar surface area (TPSA) is 51.2 Å². The van der Waals surface area contributed by atoms with Gasteiger partial charge in [-0.2, -0.15) is 0 Å². The summed E-state index contributed by atoms with van der Waals surface area (Å²) in [5, 5.41) is 2.28. The molecule has 1 N–H and O–H groups in total. The summed E-state index contributed by atoms with van der Waals surface area (Å²) >= 11 is 5.72. The summed E-state index contributed by atoms with van der Waals surface area (Å²) in [6.07, 6.45) is -4.14. The lowest BCUT2D eigenvalue weighted by Crippen LogP contribution is -2.29. The van der Waals surface area contributed by atoms with Crippen molar-refractivity contribution in [1.82, 2.24) is 4.98 Å². The second kappa shape index (κ2) is 3.62. The summed E-state index contributed by atoms with van der Waals surface area (Å²) < 4.78 is 29.6. The lowest BCUT2D eigenvalue weighted by Gasteiger charge is -2.25. The number of hydrogen-bond donors (Lipinski definition) is 1. The zero-order valence-corrected chi connectivity index (χ0v) is 7.96. The quantitative estimate of drug-likeness (QED) is 0.813. The second-order valence-corrected chi connectivity index (χ2v) is 3.25. The van der Waals surface area contributed by atoms with Crippen molar-refractivity contribution in [3.8, 4) is 0 Å². The SMILES string of the molecule is O=C1Nc2nccc(Cl)c2[C@H](C(F)F)O1. The number of rotatable bonds is 1. The van der Waals surface area contributed by atoms with Crippen LogP contribution in [0.2, 0.25) is 5.02 Å². The highest BCUT2D eigenvalue weighted by atomic mass is 35.5. The molecule has 0 aromatic carbocycles. The van der Waals surface area contributed by atoms with Crippen LogP contribution in [0.25, 0.3) is 0 Å². The third-order valence-corrected chi connectivity index (χ3v) is 2.23. The minimum absolute atomic E-state index is 0.00812. The van der Waals surface area contributed by atoms with Gasteiger partial charge in [0.15, 0.2) is 6.10 Å². The summed E-state index contributed by atoms with van der Waals surface area (Å²) in [4.78, 5) is 14.6. The highest BCUT2D eigenvalue weighted by Crippen LogP contribution is 2.37. The highest BCUT2D eigenvalue weighted by molar-refractivity contribution is 6.31. The number of carbonyl (C=O) groups is 1. The molecule has 2 heterocycles. The van der Waals surface area contributed by atoms with E-state index in [-0.39, 0.29) is 16.4 Å². The van der Waals surface area contributed by atoms with Crippen LogP contribution in [0.4, 0.5) is 19.4 Å². The average molecular weight is 235 g/mol. The number of amides is 1. The Morgan fingerprint density at radius 3 is 3.00 bits per heavy atom. The van der Waals surface area contributed by atoms with Gasteiger partial charge in [-0.3, -0.25) is 5.32 Å². The highest BCUT2D eigenvalue weighted by Gasteiger charge is 2.35. The van der Waals surface area contributed by atoms with E-state index in [9.17, 15) is 13.6 Å². The maximum absolute atomic E-state index is 12.6. The average Bonchev–Trinajstić information content (AvgIpc) is 2.16. The molecular weight excluding hydrogens is 230 g/mol. The van der Waals surface area contributed by atoms with Gasteiger partial charge in [0.2, 0.25) is 0 Å². The fourth-order valence-corrected chi connectivity index (χ4v) is 1.55. The molecule has 2 rings (SSSR count). The molecule has 0 unspecified atom stereocenters. The molecule has 0 spiro atoms. The van der Waals surface area contributed by atoms with Crippen molar-refractivity contribution in [2.24, 2.45) is 0 Å². The molecule has 0 bridgehead atoms. The van der Waals surface area contributed by atoms with Crippen LogP contribution in [-0.4, -0.2) is 17.5 Å². The van der Waals surface area contributed by atoms with E-state index in [1.807, 2.05) is 0 Å². The fourth-order valence-electron chi connectivity index (χ4n) is 1.30. The van der Waals surface area contributed by atoms with E-state index in [1.54, 1.807) is 0 Å². The van der Waals surface area contributed by atoms with Gasteiger partial charge in [0.1, 0.15) is 5.82 Å². The maximum Gasteiger partial charge on any atom is 0.413 e. The Morgan fingerprint density at radius 1 is 1.60 bits per heavy atom. The standard InChI is InChI=1S/C8H5ClF2N2O2/c9-3-1-2-12-7-4(3)5(6(10)11)15-8(14)13-7/h1-2,5-6H,(H,12,13,14)/t5-/m1/s1.